The number of fused-ring (bicyclic) bond motifs is 1. The molecule has 1 aromatic heterocycles. The lowest BCUT2D eigenvalue weighted by Gasteiger charge is -2.35. The quantitative estimate of drug-likeness (QED) is 0.112. The lowest BCUT2D eigenvalue weighted by Crippen LogP contribution is -2.57. The van der Waals surface area contributed by atoms with Crippen LogP contribution in [-0.4, -0.2) is 76.7 Å². The molecule has 2 fully saturated rings. The monoisotopic (exact) mass is 761 g/mol. The number of carbonyl (C=O) groups is 4. The average molecular weight is 762 g/mol. The third-order valence-corrected chi connectivity index (χ3v) is 12.0. The number of β-amino-alcohol motifs (C(OH)–C–C–N with tert-alkyl or cyclic N) is 1. The van der Waals surface area contributed by atoms with E-state index in [1.54, 1.807) is 11.3 Å². The summed E-state index contributed by atoms with van der Waals surface area (Å²) in [6.45, 7) is 9.07. The van der Waals surface area contributed by atoms with Gasteiger partial charge < -0.3 is 30.7 Å². The minimum absolute atomic E-state index is 0.0382. The molecule has 294 valence electrons. The number of benzene rings is 1. The van der Waals surface area contributed by atoms with E-state index in [-0.39, 0.29) is 36.8 Å². The highest BCUT2D eigenvalue weighted by atomic mass is 32.1. The highest BCUT2D eigenvalue weighted by molar-refractivity contribution is 7.13. The summed E-state index contributed by atoms with van der Waals surface area (Å²) in [6.07, 6.45) is 8.88. The number of aliphatic hydroxyl groups is 1. The zero-order valence-corrected chi connectivity index (χ0v) is 33.3. The van der Waals surface area contributed by atoms with Crippen molar-refractivity contribution in [2.75, 3.05) is 19.7 Å². The summed E-state index contributed by atoms with van der Waals surface area (Å²) in [5.41, 5.74) is 4.18. The van der Waals surface area contributed by atoms with Gasteiger partial charge in [0.2, 0.25) is 17.7 Å². The number of aryl methyl sites for hydroxylation is 1. The number of ether oxygens (including phenoxy) is 1. The number of likely N-dealkylation sites (tertiary alicyclic amines) is 1. The van der Waals surface area contributed by atoms with Gasteiger partial charge in [-0.25, -0.2) is 9.78 Å². The first-order chi connectivity index (χ1) is 25.9. The van der Waals surface area contributed by atoms with Crippen LogP contribution in [-0.2, 0) is 25.7 Å². The number of nitrogens with one attached hydrogen (secondary N) is 3. The minimum atomic E-state index is -0.843. The molecule has 2 aliphatic carbocycles. The molecule has 0 spiro atoms. The summed E-state index contributed by atoms with van der Waals surface area (Å²) in [6, 6.07) is 6.27. The number of unbranched alkanes of at least 4 members (excludes halogenated alkanes) is 5. The summed E-state index contributed by atoms with van der Waals surface area (Å²) in [5, 5.41) is 19.3. The zero-order valence-electron chi connectivity index (χ0n) is 32.5. The Morgan fingerprint density at radius 2 is 1.65 bits per heavy atom. The van der Waals surface area contributed by atoms with Gasteiger partial charge in [-0.05, 0) is 66.9 Å². The van der Waals surface area contributed by atoms with E-state index in [9.17, 15) is 24.3 Å². The second-order valence-corrected chi connectivity index (χ2v) is 17.1. The van der Waals surface area contributed by atoms with Gasteiger partial charge in [0.25, 0.3) is 0 Å². The Bertz CT molecular complexity index is 1620. The smallest absolute Gasteiger partial charge is 0.407 e. The molecule has 12 heteroatoms. The standard InChI is InChI=1S/C42H59N5O6S/c1-28-37(54-27-45-28)30-20-18-29(19-21-30)24-44-39(50)35-23-31(48)25-47(35)40(51)38(42(2,3)4)46-36(49)17-13-7-5-6-10-14-22-43-41(52)53-26-34-32-15-11-8-9-12-16-33(32)34/h18-21,27,31-35,38,48H,5-7,10-17,22-26H2,1-4H3,(H,43,52)(H,44,50)(H,46,49)/t31-,32-,33+,34?,35+,38-/m1/s1. The molecule has 2 heterocycles. The van der Waals surface area contributed by atoms with Crippen LogP contribution in [0.2, 0.25) is 0 Å². The lowest BCUT2D eigenvalue weighted by molar-refractivity contribution is -0.144. The number of rotatable bonds is 17. The van der Waals surface area contributed by atoms with Crippen molar-refractivity contribution in [3.05, 3.63) is 41.0 Å². The second kappa shape index (κ2) is 19.6. The normalized spacial score (nSPS) is 22.5. The van der Waals surface area contributed by atoms with Gasteiger partial charge in [0.05, 0.1) is 28.8 Å². The SMILES string of the molecule is Cc1ncsc1-c1ccc(CNC(=O)[C@@H]2C[C@@H](O)CN2C(=O)[C@@H](NC(=O)CCCCCCCCNC(=O)OCC2[C@H]3CCC#CCC[C@@H]23)C(C)(C)C)cc1. The molecule has 6 atom stereocenters. The molecule has 1 unspecified atom stereocenters. The molecule has 4 N–H and O–H groups in total. The number of nitrogens with zero attached hydrogens (tertiary/aromatic N) is 2. The predicted octanol–water partition coefficient (Wildman–Crippen LogP) is 6.12. The maximum atomic E-state index is 13.9. The largest absolute Gasteiger partial charge is 0.449 e. The first kappa shape index (κ1) is 41.2. The van der Waals surface area contributed by atoms with E-state index in [1.807, 2.05) is 57.5 Å². The Hall–Kier alpha value is -3.95. The van der Waals surface area contributed by atoms with E-state index in [2.05, 4.69) is 32.8 Å². The summed E-state index contributed by atoms with van der Waals surface area (Å²) in [7, 11) is 0. The Morgan fingerprint density at radius 3 is 2.30 bits per heavy atom. The summed E-state index contributed by atoms with van der Waals surface area (Å²) in [4.78, 5) is 59.3. The fourth-order valence-corrected chi connectivity index (χ4v) is 8.64. The summed E-state index contributed by atoms with van der Waals surface area (Å²) in [5.74, 6) is 7.36. The molecule has 0 radical (unpaired) electrons. The Labute approximate surface area is 324 Å². The van der Waals surface area contributed by atoms with Crippen molar-refractivity contribution in [2.24, 2.45) is 23.2 Å². The lowest BCUT2D eigenvalue weighted by atomic mass is 9.85. The van der Waals surface area contributed by atoms with Crippen LogP contribution in [0.5, 0.6) is 0 Å². The topological polar surface area (TPSA) is 150 Å². The molecule has 11 nitrogen and oxygen atoms in total. The molecule has 1 saturated carbocycles. The third-order valence-electron chi connectivity index (χ3n) is 11.1. The van der Waals surface area contributed by atoms with Crippen molar-refractivity contribution < 1.29 is 29.0 Å². The van der Waals surface area contributed by atoms with E-state index in [0.29, 0.717) is 50.3 Å². The molecule has 0 bridgehead atoms. The number of amides is 4. The van der Waals surface area contributed by atoms with Gasteiger partial charge in [0.15, 0.2) is 0 Å². The van der Waals surface area contributed by atoms with Crippen LogP contribution in [0.1, 0.15) is 109 Å². The molecule has 1 aromatic carbocycles. The molecular weight excluding hydrogens is 703 g/mol. The number of hydrogen-bond acceptors (Lipinski definition) is 8. The molecule has 4 amide bonds. The van der Waals surface area contributed by atoms with Crippen LogP contribution in [0.4, 0.5) is 4.79 Å². The van der Waals surface area contributed by atoms with Crippen LogP contribution in [0, 0.1) is 41.9 Å². The van der Waals surface area contributed by atoms with Gasteiger partial charge in [-0.3, -0.25) is 14.4 Å². The van der Waals surface area contributed by atoms with Gasteiger partial charge >= 0.3 is 6.09 Å². The molecule has 3 aliphatic rings. The highest BCUT2D eigenvalue weighted by Crippen LogP contribution is 2.52. The van der Waals surface area contributed by atoms with Crippen molar-refractivity contribution in [1.82, 2.24) is 25.8 Å². The number of hydrogen-bond donors (Lipinski definition) is 4. The van der Waals surface area contributed by atoms with E-state index in [0.717, 1.165) is 79.5 Å². The number of aliphatic hydroxyl groups excluding tert-OH is 1. The number of aromatic nitrogens is 1. The summed E-state index contributed by atoms with van der Waals surface area (Å²) < 4.78 is 5.49. The maximum absolute atomic E-state index is 13.9. The van der Waals surface area contributed by atoms with Gasteiger partial charge in [-0.15, -0.1) is 23.2 Å². The van der Waals surface area contributed by atoms with Crippen LogP contribution in [0.25, 0.3) is 10.4 Å². The van der Waals surface area contributed by atoms with Crippen LogP contribution >= 0.6 is 11.3 Å². The van der Waals surface area contributed by atoms with Crippen molar-refractivity contribution in [1.29, 1.82) is 0 Å². The fraction of sp³-hybridized carbons (Fsp3) is 0.643. The molecule has 1 saturated heterocycles. The molecule has 54 heavy (non-hydrogen) atoms. The Kier molecular flexibility index (Phi) is 14.9. The molecule has 5 rings (SSSR count). The predicted molar refractivity (Wildman–Crippen MR) is 210 cm³/mol. The zero-order chi connectivity index (χ0) is 38.7. The second-order valence-electron chi connectivity index (χ2n) is 16.3. The van der Waals surface area contributed by atoms with Gasteiger partial charge in [-0.1, -0.05) is 70.7 Å². The van der Waals surface area contributed by atoms with E-state index < -0.39 is 23.6 Å². The number of alkyl carbamates (subject to hydrolysis) is 1. The van der Waals surface area contributed by atoms with E-state index >= 15 is 0 Å². The number of thiazole rings is 1. The van der Waals surface area contributed by atoms with E-state index in [1.165, 1.54) is 4.90 Å². The van der Waals surface area contributed by atoms with Gasteiger partial charge in [-0.2, -0.15) is 0 Å². The average Bonchev–Trinajstić information content (AvgIpc) is 3.37. The minimum Gasteiger partial charge on any atom is -0.449 e. The summed E-state index contributed by atoms with van der Waals surface area (Å²) >= 11 is 1.59. The van der Waals surface area contributed by atoms with Crippen LogP contribution in [0.15, 0.2) is 29.8 Å². The molecule has 1 aliphatic heterocycles. The first-order valence-corrected chi connectivity index (χ1v) is 20.7. The molecular formula is C42H59N5O6S. The molecule has 2 aromatic rings. The van der Waals surface area contributed by atoms with Crippen LogP contribution < -0.4 is 16.0 Å². The Morgan fingerprint density at radius 1 is 0.981 bits per heavy atom. The maximum Gasteiger partial charge on any atom is 0.407 e. The van der Waals surface area contributed by atoms with Crippen molar-refractivity contribution >= 4 is 35.2 Å². The highest BCUT2D eigenvalue weighted by Gasteiger charge is 2.49. The van der Waals surface area contributed by atoms with Crippen molar-refractivity contribution in [2.45, 2.75) is 129 Å². The number of carbonyl (C=O) groups excluding carboxylic acids is 4. The van der Waals surface area contributed by atoms with Crippen molar-refractivity contribution in [3.63, 3.8) is 0 Å². The van der Waals surface area contributed by atoms with E-state index in [4.69, 9.17) is 4.74 Å². The Balaban J connectivity index is 0.963. The van der Waals surface area contributed by atoms with Crippen molar-refractivity contribution in [3.8, 4) is 22.3 Å². The van der Waals surface area contributed by atoms with Gasteiger partial charge in [0, 0.05) is 45.3 Å². The first-order valence-electron chi connectivity index (χ1n) is 19.8. The van der Waals surface area contributed by atoms with Crippen LogP contribution in [0.3, 0.4) is 0 Å². The fourth-order valence-electron chi connectivity index (χ4n) is 7.83. The third kappa shape index (κ3) is 11.8. The van der Waals surface area contributed by atoms with Gasteiger partial charge in [0.1, 0.15) is 12.1 Å².